The minimum atomic E-state index is 0.319. The van der Waals surface area contributed by atoms with Crippen LogP contribution in [0.3, 0.4) is 0 Å². The normalized spacial score (nSPS) is 11.5. The third-order valence-corrected chi connectivity index (χ3v) is 10.5. The van der Waals surface area contributed by atoms with Crippen LogP contribution >= 0.6 is 0 Å². The van der Waals surface area contributed by atoms with E-state index in [-0.39, 0.29) is 0 Å². The number of hydrogen-bond donors (Lipinski definition) is 0. The molecule has 0 aromatic rings. The molecule has 528 valence electrons. The molecule has 0 radical (unpaired) electrons. The van der Waals surface area contributed by atoms with Crippen molar-refractivity contribution in [1.29, 1.82) is 0 Å². The summed E-state index contributed by atoms with van der Waals surface area (Å²) in [5, 5.41) is 6.76. The Labute approximate surface area is 527 Å². The summed E-state index contributed by atoms with van der Waals surface area (Å²) >= 11 is 0. The molecule has 0 aromatic carbocycles. The van der Waals surface area contributed by atoms with Crippen molar-refractivity contribution in [2.24, 2.45) is 10.2 Å². The Hall–Kier alpha value is -2.46. The van der Waals surface area contributed by atoms with Crippen LogP contribution in [0.25, 0.3) is 20.9 Å². The molecule has 0 atom stereocenters. The Morgan fingerprint density at radius 2 is 0.191 bits per heavy atom. The summed E-state index contributed by atoms with van der Waals surface area (Å²) in [5.41, 5.74) is 16.3. The molecule has 33 nitrogen and oxygen atoms in total. The average molecular weight is 1300 g/mol. The van der Waals surface area contributed by atoms with E-state index in [4.69, 9.17) is 139 Å². The van der Waals surface area contributed by atoms with Crippen LogP contribution in [0, 0.1) is 0 Å². The molecule has 0 unspecified atom stereocenters. The van der Waals surface area contributed by atoms with E-state index < -0.39 is 0 Å². The molecule has 0 aromatic heterocycles. The van der Waals surface area contributed by atoms with Crippen LogP contribution in [0.1, 0.15) is 0 Å². The molecule has 0 N–H and O–H groups in total. The van der Waals surface area contributed by atoms with E-state index in [1.54, 1.807) is 0 Å². The van der Waals surface area contributed by atoms with Gasteiger partial charge in [-0.1, -0.05) is 10.2 Å². The Balaban J connectivity index is 3.09. The van der Waals surface area contributed by atoms with Gasteiger partial charge in [-0.15, -0.1) is 0 Å². The maximum absolute atomic E-state index is 8.17. The molecule has 0 saturated carbocycles. The first kappa shape index (κ1) is 86.5. The molecule has 89 heavy (non-hydrogen) atoms. The first-order valence-electron chi connectivity index (χ1n) is 31.0. The number of hydrogen-bond acceptors (Lipinski definition) is 29. The van der Waals surface area contributed by atoms with Crippen molar-refractivity contribution < 1.29 is 128 Å². The topological polar surface area (TPSA) is 347 Å². The van der Waals surface area contributed by atoms with Crippen molar-refractivity contribution in [3.8, 4) is 0 Å². The molecule has 0 saturated heterocycles. The second kappa shape index (κ2) is 85.5. The van der Waals surface area contributed by atoms with E-state index in [0.29, 0.717) is 370 Å². The first-order chi connectivity index (χ1) is 44.4. The van der Waals surface area contributed by atoms with Crippen LogP contribution < -0.4 is 0 Å². The molecule has 0 rings (SSSR count). The summed E-state index contributed by atoms with van der Waals surface area (Å²) in [7, 11) is 0. The van der Waals surface area contributed by atoms with Crippen molar-refractivity contribution >= 4 is 0 Å². The van der Waals surface area contributed by atoms with E-state index in [1.807, 2.05) is 0 Å². The number of nitrogens with zero attached hydrogens (tertiary/aromatic N) is 6. The molecule has 0 fully saturated rings. The Kier molecular flexibility index (Phi) is 83.2. The summed E-state index contributed by atoms with van der Waals surface area (Å²) in [5.74, 6) is 0. The van der Waals surface area contributed by atoms with E-state index in [9.17, 15) is 0 Å². The zero-order chi connectivity index (χ0) is 63.5. The van der Waals surface area contributed by atoms with Crippen LogP contribution in [0.2, 0.25) is 0 Å². The van der Waals surface area contributed by atoms with Crippen LogP contribution in [0.4, 0.5) is 0 Å². The molecule has 0 spiro atoms. The van der Waals surface area contributed by atoms with Gasteiger partial charge in [0, 0.05) is 22.9 Å². The van der Waals surface area contributed by atoms with Gasteiger partial charge >= 0.3 is 0 Å². The van der Waals surface area contributed by atoms with Gasteiger partial charge in [0.15, 0.2) is 0 Å². The van der Waals surface area contributed by atoms with Crippen molar-refractivity contribution in [3.63, 3.8) is 0 Å². The predicted octanol–water partition coefficient (Wildman–Crippen LogP) is 2.06. The molecule has 0 heterocycles. The molecule has 0 bridgehead atoms. The van der Waals surface area contributed by atoms with Gasteiger partial charge < -0.3 is 128 Å². The third-order valence-electron chi connectivity index (χ3n) is 10.5. The highest BCUT2D eigenvalue weighted by Gasteiger charge is 2.01. The average Bonchev–Trinajstić information content (AvgIpc) is 3.54. The summed E-state index contributed by atoms with van der Waals surface area (Å²) in [6, 6.07) is 0. The quantitative estimate of drug-likeness (QED) is 0.0364. The van der Waals surface area contributed by atoms with E-state index in [0.717, 1.165) is 0 Å². The highest BCUT2D eigenvalue weighted by Crippen LogP contribution is 1.92. The van der Waals surface area contributed by atoms with Gasteiger partial charge in [0.25, 0.3) is 0 Å². The molecule has 0 aliphatic heterocycles. The van der Waals surface area contributed by atoms with Crippen molar-refractivity contribution in [1.82, 2.24) is 0 Å². The van der Waals surface area contributed by atoms with Crippen LogP contribution in [0.5, 0.6) is 0 Å². The van der Waals surface area contributed by atoms with E-state index in [2.05, 4.69) is 20.1 Å². The molecular weight excluding hydrogens is 1190 g/mol. The number of ether oxygens (including phenoxy) is 27. The molecule has 0 amide bonds. The molecule has 0 aliphatic carbocycles. The largest absolute Gasteiger partial charge is 0.379 e. The minimum Gasteiger partial charge on any atom is -0.379 e. The lowest BCUT2D eigenvalue weighted by Gasteiger charge is -2.09. The van der Waals surface area contributed by atoms with Crippen LogP contribution in [-0.2, 0) is 128 Å². The minimum absolute atomic E-state index is 0.319. The predicted molar refractivity (Wildman–Crippen MR) is 320 cm³/mol. The van der Waals surface area contributed by atoms with Crippen molar-refractivity contribution in [3.05, 3.63) is 20.9 Å². The lowest BCUT2D eigenvalue weighted by Crippen LogP contribution is -2.16. The van der Waals surface area contributed by atoms with Gasteiger partial charge in [-0.2, -0.15) is 0 Å². The van der Waals surface area contributed by atoms with Crippen LogP contribution in [-0.4, -0.2) is 370 Å². The molecule has 33 heteroatoms. The lowest BCUT2D eigenvalue weighted by molar-refractivity contribution is -0.0322. The van der Waals surface area contributed by atoms with Gasteiger partial charge in [-0.25, -0.2) is 0 Å². The summed E-state index contributed by atoms with van der Waals surface area (Å²) in [6.45, 7) is 26.3. The molecule has 0 aliphatic rings. The smallest absolute Gasteiger partial charge is 0.0701 e. The maximum Gasteiger partial charge on any atom is 0.0701 e. The van der Waals surface area contributed by atoms with Gasteiger partial charge in [-0.05, 0) is 11.1 Å². The van der Waals surface area contributed by atoms with Gasteiger partial charge in [0.05, 0.1) is 357 Å². The fraction of sp³-hybridized carbons (Fsp3) is 1.00. The highest BCUT2D eigenvalue weighted by molar-refractivity contribution is 4.47. The Morgan fingerprint density at radius 1 is 0.124 bits per heavy atom. The van der Waals surface area contributed by atoms with Crippen molar-refractivity contribution in [2.75, 3.05) is 370 Å². The van der Waals surface area contributed by atoms with E-state index >= 15 is 0 Å². The maximum atomic E-state index is 8.17. The fourth-order valence-corrected chi connectivity index (χ4v) is 6.12. The monoisotopic (exact) mass is 1300 g/mol. The highest BCUT2D eigenvalue weighted by atomic mass is 16.6. The first-order valence-corrected chi connectivity index (χ1v) is 31.0. The lowest BCUT2D eigenvalue weighted by atomic mass is 10.6. The second-order valence-corrected chi connectivity index (χ2v) is 17.4. The standard InChI is InChI=1S/C56H112N6O27/c57-61-59-1-3-63-5-7-65-9-11-67-13-15-69-17-19-71-21-23-73-25-27-75-29-31-77-33-35-79-37-39-81-41-43-83-45-47-85-49-51-87-53-55-89-56-54-88-52-50-86-48-46-84-44-42-82-40-38-80-36-34-78-32-30-76-28-26-74-24-22-72-20-18-70-16-14-68-12-10-66-8-6-64-4-2-60-62-58/h1-56H2. The summed E-state index contributed by atoms with van der Waals surface area (Å²) in [6.07, 6.45) is 0. The van der Waals surface area contributed by atoms with Gasteiger partial charge in [-0.3, -0.25) is 0 Å². The molecular formula is C56H112N6O27. The Bertz CT molecular complexity index is 1300. The van der Waals surface area contributed by atoms with Gasteiger partial charge in [0.1, 0.15) is 0 Å². The summed E-state index contributed by atoms with van der Waals surface area (Å²) < 4.78 is 148. The Morgan fingerprint density at radius 3 is 0.258 bits per heavy atom. The third kappa shape index (κ3) is 85.5. The zero-order valence-electron chi connectivity index (χ0n) is 53.3. The number of azide groups is 2. The fourth-order valence-electron chi connectivity index (χ4n) is 6.12. The van der Waals surface area contributed by atoms with E-state index in [1.165, 1.54) is 0 Å². The van der Waals surface area contributed by atoms with Gasteiger partial charge in [0.2, 0.25) is 0 Å². The second-order valence-electron chi connectivity index (χ2n) is 17.4. The number of rotatable bonds is 84. The van der Waals surface area contributed by atoms with Crippen LogP contribution in [0.15, 0.2) is 10.2 Å². The van der Waals surface area contributed by atoms with Crippen molar-refractivity contribution in [2.45, 2.75) is 0 Å². The summed E-state index contributed by atoms with van der Waals surface area (Å²) in [4.78, 5) is 5.30. The SMILES string of the molecule is [N-]=[N+]=NCCOCCOCCOCCOCCOCCOCCOCCOCCOCCOCCOCCOCCOCCOCCOCCOCCOCCOCCOCCOCCOCCOCCOCCOCCOCCOCCOCCN=[N+]=[N-]. The zero-order valence-corrected chi connectivity index (χ0v) is 53.3.